The van der Waals surface area contributed by atoms with Crippen LogP contribution in [0, 0.1) is 6.92 Å². The van der Waals surface area contributed by atoms with Gasteiger partial charge in [0.15, 0.2) is 0 Å². The number of nitrogens with one attached hydrogen (secondary N) is 2. The summed E-state index contributed by atoms with van der Waals surface area (Å²) in [6.45, 7) is 7.95. The van der Waals surface area contributed by atoms with Crippen LogP contribution >= 0.6 is 0 Å². The van der Waals surface area contributed by atoms with Gasteiger partial charge in [0.1, 0.15) is 5.82 Å². The van der Waals surface area contributed by atoms with Gasteiger partial charge in [-0.15, -0.1) is 0 Å². The zero-order valence-corrected chi connectivity index (χ0v) is 12.9. The van der Waals surface area contributed by atoms with E-state index in [2.05, 4.69) is 41.5 Å². The van der Waals surface area contributed by atoms with Crippen LogP contribution in [0.1, 0.15) is 42.5 Å². The molecule has 0 fully saturated rings. The molecule has 0 radical (unpaired) electrons. The molecule has 0 spiro atoms. The van der Waals surface area contributed by atoms with Crippen molar-refractivity contribution in [2.45, 2.75) is 33.1 Å². The first-order valence-corrected chi connectivity index (χ1v) is 6.74. The molecule has 2 aromatic rings. The molecule has 2 rings (SSSR count). The van der Waals surface area contributed by atoms with E-state index in [-0.39, 0.29) is 11.3 Å². The molecule has 0 saturated heterocycles. The van der Waals surface area contributed by atoms with E-state index in [0.29, 0.717) is 23.0 Å². The van der Waals surface area contributed by atoms with Crippen LogP contribution in [0.5, 0.6) is 0 Å². The first-order valence-electron chi connectivity index (χ1n) is 6.74. The first-order chi connectivity index (χ1) is 9.79. The Balaban J connectivity index is 2.31. The Morgan fingerprint density at radius 1 is 1.24 bits per heavy atom. The molecule has 2 N–H and O–H groups in total. The summed E-state index contributed by atoms with van der Waals surface area (Å²) in [6, 6.07) is 5.16. The van der Waals surface area contributed by atoms with Crippen LogP contribution in [-0.4, -0.2) is 23.1 Å². The number of carbonyl (C=O) groups is 1. The third-order valence-corrected chi connectivity index (χ3v) is 2.98. The van der Waals surface area contributed by atoms with Crippen LogP contribution in [0.4, 0.5) is 11.7 Å². The van der Waals surface area contributed by atoms with Crippen LogP contribution < -0.4 is 10.6 Å². The molecular weight excluding hydrogens is 268 g/mol. The maximum atomic E-state index is 12.3. The highest BCUT2D eigenvalue weighted by Crippen LogP contribution is 2.23. The molecule has 0 aromatic carbocycles. The van der Waals surface area contributed by atoms with Crippen LogP contribution in [0.2, 0.25) is 0 Å². The van der Waals surface area contributed by atoms with E-state index in [4.69, 9.17) is 4.52 Å². The molecule has 6 heteroatoms. The molecule has 0 atom stereocenters. The second-order valence-electron chi connectivity index (χ2n) is 5.91. The van der Waals surface area contributed by atoms with Crippen molar-refractivity contribution in [3.05, 3.63) is 35.2 Å². The second-order valence-corrected chi connectivity index (χ2v) is 5.91. The zero-order chi connectivity index (χ0) is 15.6. The number of pyridine rings is 1. The number of hydrogen-bond acceptors (Lipinski definition) is 5. The molecule has 1 amide bonds. The van der Waals surface area contributed by atoms with Gasteiger partial charge < -0.3 is 9.84 Å². The predicted octanol–water partition coefficient (Wildman–Crippen LogP) is 2.97. The molecular formula is C15H20N4O2. The molecule has 6 nitrogen and oxygen atoms in total. The van der Waals surface area contributed by atoms with Crippen LogP contribution in [0.3, 0.4) is 0 Å². The van der Waals surface area contributed by atoms with Crippen LogP contribution in [0.15, 0.2) is 22.7 Å². The SMILES string of the molecule is CNc1cc(C(=O)Nc2cc(C)no2)cc(C(C)(C)C)n1. The number of anilines is 2. The van der Waals surface area contributed by atoms with Gasteiger partial charge in [-0.05, 0) is 19.1 Å². The summed E-state index contributed by atoms with van der Waals surface area (Å²) in [5, 5.41) is 9.40. The number of nitrogens with zero attached hydrogens (tertiary/aromatic N) is 2. The van der Waals surface area contributed by atoms with Gasteiger partial charge in [-0.3, -0.25) is 10.1 Å². The van der Waals surface area contributed by atoms with E-state index in [9.17, 15) is 4.79 Å². The number of carbonyl (C=O) groups excluding carboxylic acids is 1. The molecule has 2 heterocycles. The third kappa shape index (κ3) is 3.59. The van der Waals surface area contributed by atoms with E-state index < -0.39 is 0 Å². The number of aromatic nitrogens is 2. The van der Waals surface area contributed by atoms with Gasteiger partial charge in [-0.1, -0.05) is 25.9 Å². The molecule has 112 valence electrons. The van der Waals surface area contributed by atoms with Crippen molar-refractivity contribution in [2.75, 3.05) is 17.7 Å². The summed E-state index contributed by atoms with van der Waals surface area (Å²) in [6.07, 6.45) is 0. The van der Waals surface area contributed by atoms with Crippen molar-refractivity contribution in [1.82, 2.24) is 10.1 Å². The van der Waals surface area contributed by atoms with Crippen molar-refractivity contribution in [3.63, 3.8) is 0 Å². The van der Waals surface area contributed by atoms with Gasteiger partial charge in [-0.25, -0.2) is 4.98 Å². The summed E-state index contributed by atoms with van der Waals surface area (Å²) in [4.78, 5) is 16.8. The minimum atomic E-state index is -0.254. The maximum absolute atomic E-state index is 12.3. The quantitative estimate of drug-likeness (QED) is 0.907. The monoisotopic (exact) mass is 288 g/mol. The maximum Gasteiger partial charge on any atom is 0.258 e. The topological polar surface area (TPSA) is 80.0 Å². The average molecular weight is 288 g/mol. The highest BCUT2D eigenvalue weighted by atomic mass is 16.5. The smallest absolute Gasteiger partial charge is 0.258 e. The highest BCUT2D eigenvalue weighted by Gasteiger charge is 2.19. The number of amides is 1. The minimum Gasteiger partial charge on any atom is -0.373 e. The van der Waals surface area contributed by atoms with Gasteiger partial charge in [0.2, 0.25) is 5.88 Å². The Bertz CT molecular complexity index is 656. The van der Waals surface area contributed by atoms with E-state index in [1.807, 2.05) is 0 Å². The van der Waals surface area contributed by atoms with Crippen molar-refractivity contribution in [1.29, 1.82) is 0 Å². The Kier molecular flexibility index (Phi) is 3.97. The lowest BCUT2D eigenvalue weighted by Crippen LogP contribution is -2.18. The molecule has 0 bridgehead atoms. The average Bonchev–Trinajstić information content (AvgIpc) is 2.82. The molecule has 0 saturated carbocycles. The van der Waals surface area contributed by atoms with Crippen LogP contribution in [0.25, 0.3) is 0 Å². The van der Waals surface area contributed by atoms with Crippen molar-refractivity contribution in [2.24, 2.45) is 0 Å². The summed E-state index contributed by atoms with van der Waals surface area (Å²) in [7, 11) is 1.77. The van der Waals surface area contributed by atoms with Crippen LogP contribution in [-0.2, 0) is 5.41 Å². The normalized spacial score (nSPS) is 11.3. The second kappa shape index (κ2) is 5.55. The van der Waals surface area contributed by atoms with E-state index in [0.717, 1.165) is 5.69 Å². The number of aryl methyl sites for hydroxylation is 1. The lowest BCUT2D eigenvalue weighted by Gasteiger charge is -2.19. The third-order valence-electron chi connectivity index (χ3n) is 2.98. The van der Waals surface area contributed by atoms with Crippen molar-refractivity contribution < 1.29 is 9.32 Å². The fourth-order valence-corrected chi connectivity index (χ4v) is 1.78. The molecule has 0 unspecified atom stereocenters. The highest BCUT2D eigenvalue weighted by molar-refractivity contribution is 6.04. The Hall–Kier alpha value is -2.37. The lowest BCUT2D eigenvalue weighted by molar-refractivity contribution is 0.102. The molecule has 0 aliphatic carbocycles. The van der Waals surface area contributed by atoms with Gasteiger partial charge in [0.25, 0.3) is 5.91 Å². The van der Waals surface area contributed by atoms with E-state index >= 15 is 0 Å². The summed E-state index contributed by atoms with van der Waals surface area (Å²) < 4.78 is 5.00. The fourth-order valence-electron chi connectivity index (χ4n) is 1.78. The molecule has 0 aliphatic rings. The lowest BCUT2D eigenvalue weighted by atomic mass is 9.90. The van der Waals surface area contributed by atoms with E-state index in [1.54, 1.807) is 32.2 Å². The van der Waals surface area contributed by atoms with Gasteiger partial charge in [0.05, 0.1) is 5.69 Å². The molecule has 21 heavy (non-hydrogen) atoms. The summed E-state index contributed by atoms with van der Waals surface area (Å²) >= 11 is 0. The van der Waals surface area contributed by atoms with Gasteiger partial charge in [0, 0.05) is 29.8 Å². The number of rotatable bonds is 3. The van der Waals surface area contributed by atoms with E-state index in [1.165, 1.54) is 0 Å². The predicted molar refractivity (Wildman–Crippen MR) is 81.7 cm³/mol. The number of hydrogen-bond donors (Lipinski definition) is 2. The summed E-state index contributed by atoms with van der Waals surface area (Å²) in [5.74, 6) is 0.731. The largest absolute Gasteiger partial charge is 0.373 e. The standard InChI is InChI=1S/C15H20N4O2/c1-9-6-13(21-19-9)18-14(20)10-7-11(15(2,3)4)17-12(8-10)16-5/h6-8H,1-5H3,(H,16,17)(H,18,20). The van der Waals surface area contributed by atoms with Crippen molar-refractivity contribution in [3.8, 4) is 0 Å². The first kappa shape index (κ1) is 15.0. The Morgan fingerprint density at radius 2 is 1.95 bits per heavy atom. The molecule has 2 aromatic heterocycles. The van der Waals surface area contributed by atoms with Crippen molar-refractivity contribution >= 4 is 17.6 Å². The molecule has 0 aliphatic heterocycles. The fraction of sp³-hybridized carbons (Fsp3) is 0.400. The Labute approximate surface area is 123 Å². The summed E-state index contributed by atoms with van der Waals surface area (Å²) in [5.41, 5.74) is 1.93. The minimum absolute atomic E-state index is 0.148. The zero-order valence-electron chi connectivity index (χ0n) is 12.9. The van der Waals surface area contributed by atoms with Gasteiger partial charge >= 0.3 is 0 Å². The Morgan fingerprint density at radius 3 is 2.48 bits per heavy atom. The van der Waals surface area contributed by atoms with Gasteiger partial charge in [-0.2, -0.15) is 0 Å².